The van der Waals surface area contributed by atoms with Gasteiger partial charge in [0.2, 0.25) is 17.6 Å². The molecule has 2 heterocycles. The van der Waals surface area contributed by atoms with Gasteiger partial charge in [-0.25, -0.2) is 0 Å². The number of ether oxygens (including phenoxy) is 1. The molecule has 0 aliphatic heterocycles. The number of para-hydroxylation sites is 1. The molecule has 7 heteroatoms. The van der Waals surface area contributed by atoms with Crippen molar-refractivity contribution in [2.75, 3.05) is 0 Å². The molecular formula is C20H23N3O3S. The minimum atomic E-state index is -0.00709. The van der Waals surface area contributed by atoms with E-state index in [0.29, 0.717) is 37.5 Å². The van der Waals surface area contributed by atoms with E-state index in [1.165, 1.54) is 0 Å². The number of hydrogen-bond acceptors (Lipinski definition) is 6. The Kier molecular flexibility index (Phi) is 6.59. The molecule has 0 aliphatic carbocycles. The van der Waals surface area contributed by atoms with Crippen molar-refractivity contribution >= 4 is 17.2 Å². The minimum absolute atomic E-state index is 0.00709. The Hall–Kier alpha value is -2.67. The number of aryl methyl sites for hydroxylation is 1. The van der Waals surface area contributed by atoms with Crippen LogP contribution in [0.5, 0.6) is 5.75 Å². The van der Waals surface area contributed by atoms with Gasteiger partial charge in [-0.15, -0.1) is 11.3 Å². The predicted molar refractivity (Wildman–Crippen MR) is 105 cm³/mol. The summed E-state index contributed by atoms with van der Waals surface area (Å²) in [5, 5.41) is 8.89. The molecule has 3 aromatic rings. The first kappa shape index (κ1) is 19.1. The number of carbonyl (C=O) groups is 1. The van der Waals surface area contributed by atoms with Gasteiger partial charge in [0.05, 0.1) is 11.0 Å². The molecule has 27 heavy (non-hydrogen) atoms. The van der Waals surface area contributed by atoms with Gasteiger partial charge in [-0.2, -0.15) is 4.98 Å². The van der Waals surface area contributed by atoms with Crippen molar-refractivity contribution in [3.8, 4) is 16.5 Å². The monoisotopic (exact) mass is 385 g/mol. The number of benzene rings is 1. The average Bonchev–Trinajstić information content (AvgIpc) is 3.32. The van der Waals surface area contributed by atoms with Crippen molar-refractivity contribution < 1.29 is 14.1 Å². The molecule has 0 fully saturated rings. The van der Waals surface area contributed by atoms with Crippen LogP contribution >= 0.6 is 11.3 Å². The standard InChI is InChI=1S/C20H23N3O3S/c1-14(2)25-16-8-4-3-7-15(16)13-21-18(24)10-5-11-19-22-20(23-26-19)17-9-6-12-27-17/h3-4,6-9,12,14H,5,10-11,13H2,1-2H3,(H,21,24). The number of rotatable bonds is 9. The molecule has 1 N–H and O–H groups in total. The quantitative estimate of drug-likeness (QED) is 0.597. The fourth-order valence-electron chi connectivity index (χ4n) is 2.56. The van der Waals surface area contributed by atoms with E-state index in [2.05, 4.69) is 15.5 Å². The fraction of sp³-hybridized carbons (Fsp3) is 0.350. The Bertz CT molecular complexity index is 859. The summed E-state index contributed by atoms with van der Waals surface area (Å²) >= 11 is 1.57. The number of nitrogens with zero attached hydrogens (tertiary/aromatic N) is 2. The van der Waals surface area contributed by atoms with Crippen LogP contribution < -0.4 is 10.1 Å². The summed E-state index contributed by atoms with van der Waals surface area (Å²) in [6.07, 6.45) is 1.74. The number of hydrogen-bond donors (Lipinski definition) is 1. The van der Waals surface area contributed by atoms with Crippen LogP contribution in [0.15, 0.2) is 46.3 Å². The molecular weight excluding hydrogens is 362 g/mol. The molecule has 1 aromatic carbocycles. The second kappa shape index (κ2) is 9.32. The SMILES string of the molecule is CC(C)Oc1ccccc1CNC(=O)CCCc1nc(-c2cccs2)no1. The molecule has 2 aromatic heterocycles. The lowest BCUT2D eigenvalue weighted by atomic mass is 10.2. The number of amides is 1. The van der Waals surface area contributed by atoms with Gasteiger partial charge in [-0.05, 0) is 37.8 Å². The van der Waals surface area contributed by atoms with E-state index in [0.717, 1.165) is 16.2 Å². The normalized spacial score (nSPS) is 10.9. The molecule has 0 bridgehead atoms. The first-order chi connectivity index (χ1) is 13.1. The van der Waals surface area contributed by atoms with Gasteiger partial charge in [-0.1, -0.05) is 29.4 Å². The maximum atomic E-state index is 12.1. The van der Waals surface area contributed by atoms with Gasteiger partial charge in [0.25, 0.3) is 0 Å². The van der Waals surface area contributed by atoms with Gasteiger partial charge in [0.1, 0.15) is 5.75 Å². The zero-order valence-electron chi connectivity index (χ0n) is 15.5. The van der Waals surface area contributed by atoms with E-state index >= 15 is 0 Å². The summed E-state index contributed by atoms with van der Waals surface area (Å²) in [4.78, 5) is 17.5. The molecule has 6 nitrogen and oxygen atoms in total. The Morgan fingerprint density at radius 2 is 2.11 bits per heavy atom. The van der Waals surface area contributed by atoms with Gasteiger partial charge >= 0.3 is 0 Å². The number of thiophene rings is 1. The van der Waals surface area contributed by atoms with E-state index in [1.807, 2.05) is 55.6 Å². The zero-order valence-corrected chi connectivity index (χ0v) is 16.3. The molecule has 0 radical (unpaired) electrons. The summed E-state index contributed by atoms with van der Waals surface area (Å²) in [6, 6.07) is 11.6. The number of nitrogens with one attached hydrogen (secondary N) is 1. The van der Waals surface area contributed by atoms with Gasteiger partial charge in [-0.3, -0.25) is 4.79 Å². The summed E-state index contributed by atoms with van der Waals surface area (Å²) in [5.41, 5.74) is 0.969. The first-order valence-electron chi connectivity index (χ1n) is 8.99. The van der Waals surface area contributed by atoms with Crippen LogP contribution in [0.25, 0.3) is 10.7 Å². The highest BCUT2D eigenvalue weighted by atomic mass is 32.1. The van der Waals surface area contributed by atoms with Crippen molar-refractivity contribution in [3.63, 3.8) is 0 Å². The molecule has 3 rings (SSSR count). The van der Waals surface area contributed by atoms with Crippen LogP contribution in [-0.2, 0) is 17.8 Å². The average molecular weight is 385 g/mol. The summed E-state index contributed by atoms with van der Waals surface area (Å²) in [6.45, 7) is 4.41. The van der Waals surface area contributed by atoms with Crippen molar-refractivity contribution in [2.24, 2.45) is 0 Å². The van der Waals surface area contributed by atoms with Gasteiger partial charge < -0.3 is 14.6 Å². The Morgan fingerprint density at radius 3 is 2.89 bits per heavy atom. The van der Waals surface area contributed by atoms with Crippen molar-refractivity contribution in [1.82, 2.24) is 15.5 Å². The highest BCUT2D eigenvalue weighted by Crippen LogP contribution is 2.22. The molecule has 0 saturated heterocycles. The first-order valence-corrected chi connectivity index (χ1v) is 9.87. The molecule has 142 valence electrons. The van der Waals surface area contributed by atoms with E-state index in [-0.39, 0.29) is 12.0 Å². The van der Waals surface area contributed by atoms with Crippen LogP contribution in [0, 0.1) is 0 Å². The number of aromatic nitrogens is 2. The second-order valence-electron chi connectivity index (χ2n) is 6.39. The minimum Gasteiger partial charge on any atom is -0.491 e. The van der Waals surface area contributed by atoms with Crippen LogP contribution in [0.4, 0.5) is 0 Å². The highest BCUT2D eigenvalue weighted by Gasteiger charge is 2.11. The van der Waals surface area contributed by atoms with Gasteiger partial charge in [0, 0.05) is 24.9 Å². The molecule has 1 amide bonds. The van der Waals surface area contributed by atoms with Crippen LogP contribution in [0.3, 0.4) is 0 Å². The highest BCUT2D eigenvalue weighted by molar-refractivity contribution is 7.13. The molecule has 0 unspecified atom stereocenters. The van der Waals surface area contributed by atoms with Crippen molar-refractivity contribution in [1.29, 1.82) is 0 Å². The third-order valence-corrected chi connectivity index (χ3v) is 4.68. The lowest BCUT2D eigenvalue weighted by Crippen LogP contribution is -2.23. The zero-order chi connectivity index (χ0) is 19.1. The van der Waals surface area contributed by atoms with Gasteiger partial charge in [0.15, 0.2) is 0 Å². The lowest BCUT2D eigenvalue weighted by Gasteiger charge is -2.14. The Labute approximate surface area is 162 Å². The van der Waals surface area contributed by atoms with E-state index < -0.39 is 0 Å². The smallest absolute Gasteiger partial charge is 0.226 e. The molecule has 0 aliphatic rings. The summed E-state index contributed by atoms with van der Waals surface area (Å²) in [5.74, 6) is 1.96. The Morgan fingerprint density at radius 1 is 1.26 bits per heavy atom. The molecule has 0 spiro atoms. The maximum absolute atomic E-state index is 12.1. The molecule has 0 atom stereocenters. The van der Waals surface area contributed by atoms with Crippen LogP contribution in [0.1, 0.15) is 38.1 Å². The van der Waals surface area contributed by atoms with Crippen LogP contribution in [-0.4, -0.2) is 22.2 Å². The third-order valence-electron chi connectivity index (χ3n) is 3.82. The maximum Gasteiger partial charge on any atom is 0.226 e. The predicted octanol–water partition coefficient (Wildman–Crippen LogP) is 4.22. The fourth-order valence-corrected chi connectivity index (χ4v) is 3.21. The summed E-state index contributed by atoms with van der Waals surface area (Å²) in [7, 11) is 0. The topological polar surface area (TPSA) is 77.2 Å². The largest absolute Gasteiger partial charge is 0.491 e. The lowest BCUT2D eigenvalue weighted by molar-refractivity contribution is -0.121. The molecule has 0 saturated carbocycles. The van der Waals surface area contributed by atoms with E-state index in [9.17, 15) is 4.79 Å². The summed E-state index contributed by atoms with van der Waals surface area (Å²) < 4.78 is 11.0. The van der Waals surface area contributed by atoms with Crippen LogP contribution in [0.2, 0.25) is 0 Å². The second-order valence-corrected chi connectivity index (χ2v) is 7.34. The van der Waals surface area contributed by atoms with E-state index in [4.69, 9.17) is 9.26 Å². The Balaban J connectivity index is 1.43. The third kappa shape index (κ3) is 5.65. The van der Waals surface area contributed by atoms with Crippen molar-refractivity contribution in [2.45, 2.75) is 45.8 Å². The van der Waals surface area contributed by atoms with E-state index in [1.54, 1.807) is 11.3 Å². The number of carbonyl (C=O) groups excluding carboxylic acids is 1. The van der Waals surface area contributed by atoms with Crippen molar-refractivity contribution in [3.05, 3.63) is 53.2 Å².